The monoisotopic (exact) mass is 376 g/mol. The molecule has 0 saturated heterocycles. The van der Waals surface area contributed by atoms with Gasteiger partial charge in [0.15, 0.2) is 6.61 Å². The lowest BCUT2D eigenvalue weighted by atomic mass is 10.2. The molecular weight excluding hydrogens is 356 g/mol. The predicted octanol–water partition coefficient (Wildman–Crippen LogP) is 2.50. The van der Waals surface area contributed by atoms with Crippen molar-refractivity contribution in [3.05, 3.63) is 46.8 Å². The highest BCUT2D eigenvalue weighted by molar-refractivity contribution is 7.14. The molecule has 26 heavy (non-hydrogen) atoms. The molecule has 0 aliphatic carbocycles. The summed E-state index contributed by atoms with van der Waals surface area (Å²) < 4.78 is 10.4. The standard InChI is InChI=1S/C18H20N2O5S/c1-12-4-2-5-13(10-12)24-8-3-6-16(22)25-11-15(21)20-18-14(17(19)23)7-9-26-18/h2,4-5,7,9-10H,3,6,8,11H2,1H3,(H2,19,23)(H,20,21). The van der Waals surface area contributed by atoms with Crippen molar-refractivity contribution in [2.75, 3.05) is 18.5 Å². The number of thiophene rings is 1. The van der Waals surface area contributed by atoms with Gasteiger partial charge in [-0.15, -0.1) is 11.3 Å². The van der Waals surface area contributed by atoms with Crippen molar-refractivity contribution >= 4 is 34.1 Å². The molecule has 7 nitrogen and oxygen atoms in total. The third-order valence-corrected chi connectivity index (χ3v) is 4.16. The molecular formula is C18H20N2O5S. The molecule has 8 heteroatoms. The van der Waals surface area contributed by atoms with Gasteiger partial charge < -0.3 is 20.5 Å². The molecule has 0 saturated carbocycles. The normalized spacial score (nSPS) is 10.2. The van der Waals surface area contributed by atoms with E-state index in [9.17, 15) is 14.4 Å². The van der Waals surface area contributed by atoms with Crippen LogP contribution in [0.3, 0.4) is 0 Å². The highest BCUT2D eigenvalue weighted by atomic mass is 32.1. The van der Waals surface area contributed by atoms with Gasteiger partial charge in [0.2, 0.25) is 0 Å². The third kappa shape index (κ3) is 6.21. The minimum atomic E-state index is -0.632. The predicted molar refractivity (Wildman–Crippen MR) is 98.3 cm³/mol. The Balaban J connectivity index is 1.64. The van der Waals surface area contributed by atoms with Gasteiger partial charge in [0.25, 0.3) is 11.8 Å². The van der Waals surface area contributed by atoms with Crippen molar-refractivity contribution in [3.8, 4) is 5.75 Å². The van der Waals surface area contributed by atoms with E-state index in [0.717, 1.165) is 11.3 Å². The zero-order valence-electron chi connectivity index (χ0n) is 14.3. The van der Waals surface area contributed by atoms with E-state index in [-0.39, 0.29) is 12.0 Å². The number of benzene rings is 1. The Hall–Kier alpha value is -2.87. The number of nitrogens with two attached hydrogens (primary N) is 1. The van der Waals surface area contributed by atoms with Gasteiger partial charge in [-0.1, -0.05) is 12.1 Å². The summed E-state index contributed by atoms with van der Waals surface area (Å²) in [5.74, 6) is -0.903. The molecule has 0 bridgehead atoms. The smallest absolute Gasteiger partial charge is 0.306 e. The van der Waals surface area contributed by atoms with Crippen molar-refractivity contribution < 1.29 is 23.9 Å². The Labute approximate surface area is 155 Å². The van der Waals surface area contributed by atoms with Crippen LogP contribution in [0.1, 0.15) is 28.8 Å². The Bertz CT molecular complexity index is 787. The van der Waals surface area contributed by atoms with Gasteiger partial charge in [-0.2, -0.15) is 0 Å². The molecule has 2 aromatic rings. The molecule has 0 radical (unpaired) electrons. The van der Waals surface area contributed by atoms with Crippen LogP contribution in [0.4, 0.5) is 5.00 Å². The first-order valence-electron chi connectivity index (χ1n) is 7.98. The molecule has 0 aliphatic heterocycles. The van der Waals surface area contributed by atoms with E-state index in [2.05, 4.69) is 5.32 Å². The Morgan fingerprint density at radius 1 is 1.23 bits per heavy atom. The fraction of sp³-hybridized carbons (Fsp3) is 0.278. The maximum Gasteiger partial charge on any atom is 0.306 e. The summed E-state index contributed by atoms with van der Waals surface area (Å²) in [6, 6.07) is 9.14. The van der Waals surface area contributed by atoms with E-state index in [1.54, 1.807) is 5.38 Å². The maximum atomic E-state index is 11.8. The van der Waals surface area contributed by atoms with Crippen molar-refractivity contribution in [2.45, 2.75) is 19.8 Å². The highest BCUT2D eigenvalue weighted by Gasteiger charge is 2.13. The zero-order valence-corrected chi connectivity index (χ0v) is 15.1. The molecule has 1 aromatic heterocycles. The van der Waals surface area contributed by atoms with E-state index in [0.29, 0.717) is 18.0 Å². The van der Waals surface area contributed by atoms with Gasteiger partial charge in [-0.05, 0) is 42.5 Å². The quantitative estimate of drug-likeness (QED) is 0.516. The van der Waals surface area contributed by atoms with Crippen molar-refractivity contribution in [3.63, 3.8) is 0 Å². The Morgan fingerprint density at radius 3 is 2.77 bits per heavy atom. The van der Waals surface area contributed by atoms with Crippen LogP contribution < -0.4 is 15.8 Å². The molecule has 2 rings (SSSR count). The minimum absolute atomic E-state index is 0.143. The number of amides is 2. The molecule has 138 valence electrons. The van der Waals surface area contributed by atoms with Gasteiger partial charge in [0.05, 0.1) is 12.2 Å². The van der Waals surface area contributed by atoms with Crippen molar-refractivity contribution in [1.82, 2.24) is 0 Å². The highest BCUT2D eigenvalue weighted by Crippen LogP contribution is 2.22. The first-order chi connectivity index (χ1) is 12.5. The summed E-state index contributed by atoms with van der Waals surface area (Å²) in [6.45, 7) is 1.92. The Kier molecular flexibility index (Phi) is 7.16. The fourth-order valence-electron chi connectivity index (χ4n) is 2.09. The molecule has 1 aromatic carbocycles. The molecule has 0 aliphatic rings. The lowest BCUT2D eigenvalue weighted by Gasteiger charge is -2.08. The van der Waals surface area contributed by atoms with E-state index >= 15 is 0 Å². The fourth-order valence-corrected chi connectivity index (χ4v) is 2.90. The van der Waals surface area contributed by atoms with E-state index < -0.39 is 24.4 Å². The molecule has 2 amide bonds. The summed E-state index contributed by atoms with van der Waals surface area (Å²) in [5.41, 5.74) is 6.51. The molecule has 0 unspecified atom stereocenters. The largest absolute Gasteiger partial charge is 0.494 e. The number of aryl methyl sites for hydroxylation is 1. The number of hydrogen-bond acceptors (Lipinski definition) is 6. The molecule has 1 heterocycles. The minimum Gasteiger partial charge on any atom is -0.494 e. The number of ether oxygens (including phenoxy) is 2. The summed E-state index contributed by atoms with van der Waals surface area (Å²) in [6.07, 6.45) is 0.621. The van der Waals surface area contributed by atoms with E-state index in [1.807, 2.05) is 31.2 Å². The number of hydrogen-bond donors (Lipinski definition) is 2. The van der Waals surface area contributed by atoms with Gasteiger partial charge in [0, 0.05) is 6.42 Å². The van der Waals surface area contributed by atoms with Crippen LogP contribution in [0.2, 0.25) is 0 Å². The molecule has 0 atom stereocenters. The van der Waals surface area contributed by atoms with Crippen LogP contribution >= 0.6 is 11.3 Å². The average molecular weight is 376 g/mol. The van der Waals surface area contributed by atoms with Crippen LogP contribution in [0.15, 0.2) is 35.7 Å². The second-order valence-corrected chi connectivity index (χ2v) is 6.42. The first-order valence-corrected chi connectivity index (χ1v) is 8.86. The number of rotatable bonds is 9. The van der Waals surface area contributed by atoms with Gasteiger partial charge >= 0.3 is 5.97 Å². The molecule has 0 spiro atoms. The van der Waals surface area contributed by atoms with Gasteiger partial charge in [-0.25, -0.2) is 0 Å². The maximum absolute atomic E-state index is 11.8. The number of esters is 1. The number of carbonyl (C=O) groups is 3. The second-order valence-electron chi connectivity index (χ2n) is 5.51. The van der Waals surface area contributed by atoms with Crippen LogP contribution in [-0.4, -0.2) is 31.0 Å². The lowest BCUT2D eigenvalue weighted by Crippen LogP contribution is -2.22. The summed E-state index contributed by atoms with van der Waals surface area (Å²) in [4.78, 5) is 34.6. The van der Waals surface area contributed by atoms with Crippen LogP contribution in [-0.2, 0) is 14.3 Å². The van der Waals surface area contributed by atoms with Gasteiger partial charge in [-0.3, -0.25) is 14.4 Å². The number of nitrogens with one attached hydrogen (secondary N) is 1. The first kappa shape index (κ1) is 19.5. The van der Waals surface area contributed by atoms with Crippen molar-refractivity contribution in [1.29, 1.82) is 0 Å². The van der Waals surface area contributed by atoms with Crippen LogP contribution in [0, 0.1) is 6.92 Å². The molecule has 0 fully saturated rings. The van der Waals surface area contributed by atoms with Crippen LogP contribution in [0.25, 0.3) is 0 Å². The number of anilines is 1. The number of carbonyl (C=O) groups excluding carboxylic acids is 3. The van der Waals surface area contributed by atoms with Crippen LogP contribution in [0.5, 0.6) is 5.75 Å². The topological polar surface area (TPSA) is 108 Å². The lowest BCUT2D eigenvalue weighted by molar-refractivity contribution is -0.147. The SMILES string of the molecule is Cc1cccc(OCCCC(=O)OCC(=O)Nc2sccc2C(N)=O)c1. The second kappa shape index (κ2) is 9.57. The van der Waals surface area contributed by atoms with E-state index in [1.165, 1.54) is 17.4 Å². The third-order valence-electron chi connectivity index (χ3n) is 3.33. The molecule has 3 N–H and O–H groups in total. The number of primary amides is 1. The average Bonchev–Trinajstić information content (AvgIpc) is 3.05. The van der Waals surface area contributed by atoms with E-state index in [4.69, 9.17) is 15.2 Å². The Morgan fingerprint density at radius 2 is 2.04 bits per heavy atom. The summed E-state index contributed by atoms with van der Waals surface area (Å²) in [7, 11) is 0. The summed E-state index contributed by atoms with van der Waals surface area (Å²) in [5, 5.41) is 4.47. The van der Waals surface area contributed by atoms with Gasteiger partial charge in [0.1, 0.15) is 10.8 Å². The zero-order chi connectivity index (χ0) is 18.9. The summed E-state index contributed by atoms with van der Waals surface area (Å²) >= 11 is 1.17. The van der Waals surface area contributed by atoms with Crippen molar-refractivity contribution in [2.24, 2.45) is 5.73 Å².